The summed E-state index contributed by atoms with van der Waals surface area (Å²) in [6.07, 6.45) is -4.88. The molecule has 0 aromatic rings. The van der Waals surface area contributed by atoms with Gasteiger partial charge in [0.15, 0.2) is 0 Å². The topological polar surface area (TPSA) is 145 Å². The Bertz CT molecular complexity index is 216. The molecule has 0 radical (unpaired) electrons. The van der Waals surface area contributed by atoms with Gasteiger partial charge >= 0.3 is 107 Å². The van der Waals surface area contributed by atoms with Crippen molar-refractivity contribution in [2.45, 2.75) is 12.2 Å². The van der Waals surface area contributed by atoms with Gasteiger partial charge in [0, 0.05) is 0 Å². The fourth-order valence-corrected chi connectivity index (χ4v) is 0.258. The molecule has 75 valence electrons. The first-order valence-corrected chi connectivity index (χ1v) is 3.20. The number of carbonyl (C=O) groups is 2. The van der Waals surface area contributed by atoms with Crippen LogP contribution in [0.1, 0.15) is 0 Å². The number of aliphatic hydroxyl groups excluding tert-OH is 2. The van der Waals surface area contributed by atoms with E-state index < -0.39 is 24.1 Å². The molecule has 0 aliphatic heterocycles. The molecule has 2 atom stereocenters. The van der Waals surface area contributed by atoms with Gasteiger partial charge in [0.05, 0.1) is 11.9 Å². The number of hydrogen-bond donors (Lipinski definition) is 2. The van der Waals surface area contributed by atoms with Gasteiger partial charge in [-0.3, -0.25) is 0 Å². The second kappa shape index (κ2) is 15.5. The van der Waals surface area contributed by atoms with Crippen molar-refractivity contribution in [3.63, 3.8) is 0 Å². The van der Waals surface area contributed by atoms with E-state index in [1.54, 1.807) is 0 Å². The van der Waals surface area contributed by atoms with Gasteiger partial charge in [-0.1, -0.05) is 0 Å². The van der Waals surface area contributed by atoms with Crippen LogP contribution in [0.3, 0.4) is 0 Å². The second-order valence-electron chi connectivity index (χ2n) is 1.61. The largest absolute Gasteiger partial charge is 1.00 e. The molecule has 0 spiro atoms. The molecule has 0 saturated carbocycles. The minimum atomic E-state index is -2.44. The van der Waals surface area contributed by atoms with Crippen LogP contribution in [-0.2, 0) is 25.6 Å². The van der Waals surface area contributed by atoms with E-state index in [-0.39, 0.29) is 80.9 Å². The number of carboxylic acids is 2. The van der Waals surface area contributed by atoms with Crippen molar-refractivity contribution >= 4 is 11.9 Å². The molecule has 0 aromatic heterocycles. The maximum atomic E-state index is 9.63. The van der Waals surface area contributed by atoms with Gasteiger partial charge < -0.3 is 30.0 Å². The van der Waals surface area contributed by atoms with Crippen molar-refractivity contribution in [3.8, 4) is 4.97 Å². The Balaban J connectivity index is -0.000000108. The Morgan fingerprint density at radius 1 is 1.20 bits per heavy atom. The predicted octanol–water partition coefficient (Wildman–Crippen LogP) is -10.8. The molecule has 0 rings (SSSR count). The third kappa shape index (κ3) is 15.5. The van der Waals surface area contributed by atoms with Crippen molar-refractivity contribution in [3.05, 3.63) is 0 Å². The Morgan fingerprint density at radius 2 is 1.33 bits per heavy atom. The zero-order chi connectivity index (χ0) is 11.0. The fraction of sp³-hybridized carbons (Fsp3) is 0.400. The number of nitriles is 1. The molecule has 0 aromatic carbocycles. The van der Waals surface area contributed by atoms with Crippen LogP contribution in [0.5, 0.6) is 0 Å². The number of aliphatic hydroxyl groups is 2. The molecule has 2 unspecified atom stereocenters. The minimum Gasteiger partial charge on any atom is -0.547 e. The predicted molar refractivity (Wildman–Crippen MR) is 27.6 cm³/mol. The number of carbonyl (C=O) groups excluding carboxylic acids is 2. The van der Waals surface area contributed by atoms with E-state index >= 15 is 0 Å². The van der Waals surface area contributed by atoms with Crippen LogP contribution in [0.15, 0.2) is 0 Å². The van der Waals surface area contributed by atoms with E-state index in [4.69, 9.17) is 15.5 Å². The van der Waals surface area contributed by atoms with Crippen molar-refractivity contribution in [1.82, 2.24) is 0 Å². The van der Waals surface area contributed by atoms with Crippen LogP contribution < -0.4 is 91.2 Å². The zero-order valence-electron chi connectivity index (χ0n) is 7.98. The molecule has 2 N–H and O–H groups in total. The summed E-state index contributed by atoms with van der Waals surface area (Å²) >= 11 is 2.79. The molecule has 0 amide bonds. The van der Waals surface area contributed by atoms with E-state index in [2.05, 4.69) is 16.0 Å². The fourth-order valence-electron chi connectivity index (χ4n) is 0.258. The molecular formula is C5H4FeKNNaO6. The summed E-state index contributed by atoms with van der Waals surface area (Å²) in [5.41, 5.74) is 0. The van der Waals surface area contributed by atoms with Gasteiger partial charge in [-0.2, -0.15) is 0 Å². The first-order chi connectivity index (χ1) is 5.88. The van der Waals surface area contributed by atoms with E-state index in [1.165, 1.54) is 4.97 Å². The van der Waals surface area contributed by atoms with Crippen LogP contribution >= 0.6 is 0 Å². The summed E-state index contributed by atoms with van der Waals surface area (Å²) in [4.78, 5) is 20.8. The SMILES string of the molecule is N#[C][Fe].O=C([O-])C(O)C(O)C(=O)[O-].[K+].[Na+]. The standard InChI is InChI=1S/C4H6O6.CN.Fe.K.Na/c5-1(3(7)8)2(6)4(9)10;1-2;;;/h1-2,5-6H,(H,7,8)(H,9,10);;;;/q;;;2*+1/p-2. The van der Waals surface area contributed by atoms with Gasteiger partial charge in [0.25, 0.3) is 0 Å². The van der Waals surface area contributed by atoms with Gasteiger partial charge in [0.1, 0.15) is 12.2 Å². The zero-order valence-corrected chi connectivity index (χ0v) is 14.2. The molecule has 10 heteroatoms. The van der Waals surface area contributed by atoms with Crippen LogP contribution in [0.25, 0.3) is 0 Å². The van der Waals surface area contributed by atoms with E-state index in [1.807, 2.05) is 0 Å². The maximum Gasteiger partial charge on any atom is 1.00 e. The van der Waals surface area contributed by atoms with E-state index in [0.29, 0.717) is 0 Å². The van der Waals surface area contributed by atoms with Crippen LogP contribution in [0.2, 0.25) is 0 Å². The molecule has 0 aliphatic carbocycles. The smallest absolute Gasteiger partial charge is 0.547 e. The number of rotatable bonds is 3. The van der Waals surface area contributed by atoms with E-state index in [9.17, 15) is 19.8 Å². The average molecular weight is 292 g/mol. The molecule has 0 aliphatic rings. The summed E-state index contributed by atoms with van der Waals surface area (Å²) in [7, 11) is 0. The quantitative estimate of drug-likeness (QED) is 0.491. The molecule has 0 heterocycles. The number of aliphatic carboxylic acids is 2. The average Bonchev–Trinajstić information content (AvgIpc) is 2.03. The van der Waals surface area contributed by atoms with Crippen molar-refractivity contribution < 1.29 is 127 Å². The third-order valence-electron chi connectivity index (χ3n) is 0.782. The van der Waals surface area contributed by atoms with Crippen molar-refractivity contribution in [2.24, 2.45) is 0 Å². The Hall–Kier alpha value is 1.51. The summed E-state index contributed by atoms with van der Waals surface area (Å²) in [5, 5.41) is 42.9. The maximum absolute atomic E-state index is 9.63. The molecule has 0 saturated heterocycles. The molecule has 7 nitrogen and oxygen atoms in total. The Morgan fingerprint density at radius 3 is 1.40 bits per heavy atom. The second-order valence-corrected chi connectivity index (χ2v) is 1.85. The Labute approximate surface area is 158 Å². The van der Waals surface area contributed by atoms with Crippen LogP contribution in [0, 0.1) is 10.2 Å². The summed E-state index contributed by atoms with van der Waals surface area (Å²) in [5.74, 6) is -4.12. The van der Waals surface area contributed by atoms with Crippen molar-refractivity contribution in [2.75, 3.05) is 0 Å². The third-order valence-corrected chi connectivity index (χ3v) is 0.782. The number of carboxylic acid groups (broad SMARTS) is 2. The van der Waals surface area contributed by atoms with E-state index in [0.717, 1.165) is 0 Å². The van der Waals surface area contributed by atoms with Crippen LogP contribution in [0.4, 0.5) is 0 Å². The first kappa shape index (κ1) is 25.4. The van der Waals surface area contributed by atoms with Crippen LogP contribution in [-0.4, -0.2) is 34.4 Å². The first-order valence-electron chi connectivity index (χ1n) is 2.64. The van der Waals surface area contributed by atoms with Gasteiger partial charge in [-0.15, -0.1) is 0 Å². The normalized spacial score (nSPS) is 11.1. The monoisotopic (exact) mass is 292 g/mol. The molecule has 0 fully saturated rings. The molecule has 15 heavy (non-hydrogen) atoms. The van der Waals surface area contributed by atoms with Gasteiger partial charge in [0.2, 0.25) is 0 Å². The van der Waals surface area contributed by atoms with Gasteiger partial charge in [-0.05, 0) is 0 Å². The molecular weight excluding hydrogens is 288 g/mol. The van der Waals surface area contributed by atoms with Crippen molar-refractivity contribution in [1.29, 1.82) is 5.26 Å². The summed E-state index contributed by atoms with van der Waals surface area (Å²) < 4.78 is 0. The minimum absolute atomic E-state index is 0. The number of nitrogens with zero attached hydrogens (tertiary/aromatic N) is 1. The summed E-state index contributed by atoms with van der Waals surface area (Å²) in [6, 6.07) is 0. The Kier molecular flexibility index (Phi) is 26.2. The number of hydrogen-bond acceptors (Lipinski definition) is 7. The van der Waals surface area contributed by atoms with Gasteiger partial charge in [-0.25, -0.2) is 0 Å². The molecule has 0 bridgehead atoms. The summed E-state index contributed by atoms with van der Waals surface area (Å²) in [6.45, 7) is 0.